The van der Waals surface area contributed by atoms with Gasteiger partial charge < -0.3 is 4.74 Å². The van der Waals surface area contributed by atoms with Gasteiger partial charge in [-0.25, -0.2) is 13.2 Å². The molecule has 8 nitrogen and oxygen atoms in total. The average Bonchev–Trinajstić information content (AvgIpc) is 2.73. The molecule has 0 aromatic heterocycles. The van der Waals surface area contributed by atoms with E-state index in [9.17, 15) is 39.1 Å². The highest BCUT2D eigenvalue weighted by molar-refractivity contribution is 7.86. The van der Waals surface area contributed by atoms with E-state index in [2.05, 4.69) is 6.58 Å². The molecule has 0 saturated heterocycles. The van der Waals surface area contributed by atoms with Gasteiger partial charge in [0.15, 0.2) is 12.3 Å². The zero-order valence-corrected chi connectivity index (χ0v) is 18.8. The van der Waals surface area contributed by atoms with Crippen molar-refractivity contribution in [3.63, 3.8) is 0 Å². The number of halogens is 3. The van der Waals surface area contributed by atoms with Crippen molar-refractivity contribution in [3.05, 3.63) is 64.7 Å². The minimum atomic E-state index is -4.69. The fraction of sp³-hybridized carbons (Fsp3) is 0.250. The number of nitrogens with zero attached hydrogens (tertiary/aromatic N) is 1. The van der Waals surface area contributed by atoms with Crippen LogP contribution in [0.15, 0.2) is 58.5 Å². The average molecular weight is 505 g/mol. The highest BCUT2D eigenvalue weighted by Crippen LogP contribution is 2.38. The topological polar surface area (TPSA) is 142 Å². The largest absolute Gasteiger partial charge is 0.458 e. The first-order chi connectivity index (χ1) is 15.1. The highest BCUT2D eigenvalue weighted by atomic mass is 32.2. The van der Waals surface area contributed by atoms with Gasteiger partial charge in [0.25, 0.3) is 20.2 Å². The third-order valence-corrected chi connectivity index (χ3v) is 6.65. The number of hydrogen-bond acceptors (Lipinski definition) is 6. The van der Waals surface area contributed by atoms with Gasteiger partial charge in [0.2, 0.25) is 0 Å². The van der Waals surface area contributed by atoms with E-state index in [4.69, 9.17) is 10.00 Å². The number of hydrogen-bond donors (Lipinski definition) is 2. The Morgan fingerprint density at radius 3 is 2.33 bits per heavy atom. The van der Waals surface area contributed by atoms with Crippen LogP contribution in [-0.4, -0.2) is 43.5 Å². The SMILES string of the molecule is C=Cc1cc(S(=O)(=O)O)ccc1/C(=C\C(C)S(=O)(=O)O)OC1=C(C)C(F)=C(C#N)C(F)C1F. The molecule has 0 heterocycles. The van der Waals surface area contributed by atoms with E-state index >= 15 is 0 Å². The second-order valence-corrected chi connectivity index (χ2v) is 10.1. The van der Waals surface area contributed by atoms with Crippen LogP contribution in [0.3, 0.4) is 0 Å². The van der Waals surface area contributed by atoms with E-state index in [1.54, 1.807) is 0 Å². The van der Waals surface area contributed by atoms with Crippen molar-refractivity contribution in [1.29, 1.82) is 5.26 Å². The number of alkyl halides is 2. The Morgan fingerprint density at radius 2 is 1.85 bits per heavy atom. The van der Waals surface area contributed by atoms with E-state index < -0.39 is 71.2 Å². The fourth-order valence-corrected chi connectivity index (χ4v) is 3.66. The summed E-state index contributed by atoms with van der Waals surface area (Å²) >= 11 is 0. The lowest BCUT2D eigenvalue weighted by molar-refractivity contribution is 0.161. The Balaban J connectivity index is 2.77. The normalized spacial score (nSPS) is 21.0. The minimum Gasteiger partial charge on any atom is -0.458 e. The van der Waals surface area contributed by atoms with Gasteiger partial charge in [-0.15, -0.1) is 0 Å². The quantitative estimate of drug-likeness (QED) is 0.419. The van der Waals surface area contributed by atoms with Crippen molar-refractivity contribution < 1.29 is 43.8 Å². The lowest BCUT2D eigenvalue weighted by Gasteiger charge is -2.26. The molecule has 1 aliphatic carbocycles. The number of nitriles is 1. The number of benzene rings is 1. The summed E-state index contributed by atoms with van der Waals surface area (Å²) in [5.74, 6) is -2.78. The highest BCUT2D eigenvalue weighted by Gasteiger charge is 2.39. The van der Waals surface area contributed by atoms with Gasteiger partial charge in [-0.1, -0.05) is 12.7 Å². The van der Waals surface area contributed by atoms with Crippen molar-refractivity contribution >= 4 is 32.1 Å². The molecular weight excluding hydrogens is 487 g/mol. The van der Waals surface area contributed by atoms with Gasteiger partial charge in [-0.05, 0) is 43.7 Å². The summed E-state index contributed by atoms with van der Waals surface area (Å²) in [6.07, 6.45) is -3.44. The van der Waals surface area contributed by atoms with Gasteiger partial charge in [-0.2, -0.15) is 22.1 Å². The van der Waals surface area contributed by atoms with Crippen LogP contribution in [0.25, 0.3) is 11.8 Å². The monoisotopic (exact) mass is 505 g/mol. The molecule has 33 heavy (non-hydrogen) atoms. The summed E-state index contributed by atoms with van der Waals surface area (Å²) in [5, 5.41) is 7.23. The third-order valence-electron chi connectivity index (χ3n) is 4.72. The van der Waals surface area contributed by atoms with Gasteiger partial charge in [-0.3, -0.25) is 9.11 Å². The Hall–Kier alpha value is -2.92. The van der Waals surface area contributed by atoms with Crippen molar-refractivity contribution in [1.82, 2.24) is 0 Å². The molecule has 3 atom stereocenters. The van der Waals surface area contributed by atoms with E-state index in [0.717, 1.165) is 44.2 Å². The molecule has 178 valence electrons. The van der Waals surface area contributed by atoms with Gasteiger partial charge in [0, 0.05) is 11.1 Å². The van der Waals surface area contributed by atoms with E-state index in [1.165, 1.54) is 6.07 Å². The summed E-state index contributed by atoms with van der Waals surface area (Å²) in [4.78, 5) is -0.559. The molecule has 0 radical (unpaired) electrons. The lowest BCUT2D eigenvalue weighted by atomic mass is 9.94. The number of allylic oxidation sites excluding steroid dienone is 4. The molecule has 2 N–H and O–H groups in total. The van der Waals surface area contributed by atoms with E-state index in [0.29, 0.717) is 0 Å². The Morgan fingerprint density at radius 1 is 1.24 bits per heavy atom. The third kappa shape index (κ3) is 5.53. The predicted molar refractivity (Wildman–Crippen MR) is 113 cm³/mol. The molecular formula is C20H18F3NO7S2. The molecule has 1 aliphatic rings. The van der Waals surface area contributed by atoms with Crippen LogP contribution in [0, 0.1) is 11.3 Å². The zero-order valence-electron chi connectivity index (χ0n) is 17.2. The maximum absolute atomic E-state index is 14.7. The minimum absolute atomic E-state index is 0.0473. The first-order valence-electron chi connectivity index (χ1n) is 9.02. The summed E-state index contributed by atoms with van der Waals surface area (Å²) in [6, 6.07) is 4.14. The van der Waals surface area contributed by atoms with Crippen molar-refractivity contribution in [2.24, 2.45) is 0 Å². The van der Waals surface area contributed by atoms with Crippen LogP contribution in [-0.2, 0) is 25.0 Å². The van der Waals surface area contributed by atoms with Gasteiger partial charge in [0.05, 0.1) is 4.90 Å². The summed E-state index contributed by atoms with van der Waals surface area (Å²) in [5.41, 5.74) is -1.79. The molecule has 0 spiro atoms. The second kappa shape index (κ2) is 9.52. The smallest absolute Gasteiger partial charge is 0.294 e. The maximum Gasteiger partial charge on any atom is 0.294 e. The molecule has 0 amide bonds. The summed E-state index contributed by atoms with van der Waals surface area (Å²) in [6.45, 7) is 5.51. The van der Waals surface area contributed by atoms with Crippen LogP contribution >= 0.6 is 0 Å². The van der Waals surface area contributed by atoms with E-state index in [-0.39, 0.29) is 11.1 Å². The molecule has 3 unspecified atom stereocenters. The fourth-order valence-electron chi connectivity index (χ4n) is 2.85. The molecule has 0 fully saturated rings. The van der Waals surface area contributed by atoms with Crippen molar-refractivity contribution in [2.45, 2.75) is 36.3 Å². The molecule has 13 heteroatoms. The lowest BCUT2D eigenvalue weighted by Crippen LogP contribution is -2.28. The van der Waals surface area contributed by atoms with Crippen LogP contribution in [0.2, 0.25) is 0 Å². The Kier molecular flexibility index (Phi) is 7.60. The summed E-state index contributed by atoms with van der Waals surface area (Å²) < 4.78 is 113. The van der Waals surface area contributed by atoms with Crippen molar-refractivity contribution in [2.75, 3.05) is 0 Å². The van der Waals surface area contributed by atoms with E-state index in [1.807, 2.05) is 0 Å². The molecule has 2 rings (SSSR count). The first kappa shape index (κ1) is 26.3. The molecule has 1 aromatic rings. The molecule has 1 aromatic carbocycles. The number of ether oxygens (including phenoxy) is 1. The van der Waals surface area contributed by atoms with Crippen LogP contribution in [0.5, 0.6) is 0 Å². The van der Waals surface area contributed by atoms with Crippen molar-refractivity contribution in [3.8, 4) is 6.07 Å². The molecule has 0 bridgehead atoms. The van der Waals surface area contributed by atoms with Gasteiger partial charge >= 0.3 is 0 Å². The van der Waals surface area contributed by atoms with Gasteiger partial charge in [0.1, 0.15) is 34.2 Å². The van der Waals surface area contributed by atoms with Crippen LogP contribution < -0.4 is 0 Å². The predicted octanol–water partition coefficient (Wildman–Crippen LogP) is 3.92. The van der Waals surface area contributed by atoms with Crippen LogP contribution in [0.4, 0.5) is 13.2 Å². The zero-order chi connectivity index (χ0) is 25.3. The first-order valence-corrected chi connectivity index (χ1v) is 12.0. The Labute approximate surface area is 188 Å². The molecule has 0 aliphatic heterocycles. The summed E-state index contributed by atoms with van der Waals surface area (Å²) in [7, 11) is -9.33. The van der Waals surface area contributed by atoms with Crippen LogP contribution in [0.1, 0.15) is 25.0 Å². The standard InChI is InChI=1S/C20H18F3NO7S2/c1-4-12-8-13(33(28,29)30)5-6-14(12)16(7-10(2)32(25,26)27)31-20-11(3)17(21)15(9-24)18(22)19(20)23/h4-8,10,18-19H,1H2,2-3H3,(H,25,26,27)(H,28,29,30)/b16-7+. The number of rotatable bonds is 7. The second-order valence-electron chi connectivity index (χ2n) is 6.91. The Bertz CT molecular complexity index is 1340. The maximum atomic E-state index is 14.7. The molecule has 0 saturated carbocycles.